The van der Waals surface area contributed by atoms with Crippen LogP contribution in [-0.2, 0) is 4.79 Å². The second kappa shape index (κ2) is 5.23. The van der Waals surface area contributed by atoms with E-state index in [9.17, 15) is 4.79 Å². The number of rotatable bonds is 3. The Morgan fingerprint density at radius 3 is 2.53 bits per heavy atom. The first-order chi connectivity index (χ1) is 8.06. The molecule has 1 aromatic carbocycles. The van der Waals surface area contributed by atoms with Gasteiger partial charge in [-0.05, 0) is 12.1 Å². The van der Waals surface area contributed by atoms with E-state index in [4.69, 9.17) is 28.3 Å². The fourth-order valence-electron chi connectivity index (χ4n) is 1.67. The number of aliphatic hydroxyl groups excluding tert-OH is 1. The summed E-state index contributed by atoms with van der Waals surface area (Å²) in [5.41, 5.74) is 0.432. The Kier molecular flexibility index (Phi) is 3.89. The fraction of sp³-hybridized carbons (Fsp3) is 0.364. The zero-order chi connectivity index (χ0) is 12.4. The molecule has 4 nitrogen and oxygen atoms in total. The van der Waals surface area contributed by atoms with Gasteiger partial charge in [-0.1, -0.05) is 29.3 Å². The lowest BCUT2D eigenvalue weighted by Gasteiger charge is -2.35. The number of β-amino-alcohol motifs (C(OH)–C–C–N with tert-alkyl or cyclic N) is 1. The first-order valence-electron chi connectivity index (χ1n) is 5.20. The van der Waals surface area contributed by atoms with Gasteiger partial charge in [0.2, 0.25) is 5.91 Å². The SMILES string of the molecule is O=C(CN1CC(O)C1)Nc1c(Cl)cccc1Cl. The Bertz CT molecular complexity index is 413. The molecule has 0 radical (unpaired) electrons. The third-order valence-corrected chi connectivity index (χ3v) is 3.16. The van der Waals surface area contributed by atoms with E-state index in [-0.39, 0.29) is 18.6 Å². The van der Waals surface area contributed by atoms with Crippen LogP contribution in [0.4, 0.5) is 5.69 Å². The van der Waals surface area contributed by atoms with Crippen molar-refractivity contribution in [2.24, 2.45) is 0 Å². The van der Waals surface area contributed by atoms with Gasteiger partial charge < -0.3 is 10.4 Å². The minimum atomic E-state index is -0.313. The van der Waals surface area contributed by atoms with E-state index in [0.717, 1.165) is 0 Å². The van der Waals surface area contributed by atoms with Crippen molar-refractivity contribution in [3.63, 3.8) is 0 Å². The molecule has 2 rings (SSSR count). The highest BCUT2D eigenvalue weighted by Gasteiger charge is 2.26. The van der Waals surface area contributed by atoms with Crippen molar-refractivity contribution in [1.29, 1.82) is 0 Å². The molecule has 1 heterocycles. The van der Waals surface area contributed by atoms with E-state index in [0.29, 0.717) is 28.8 Å². The molecule has 1 fully saturated rings. The van der Waals surface area contributed by atoms with Crippen molar-refractivity contribution in [1.82, 2.24) is 4.90 Å². The predicted molar refractivity (Wildman–Crippen MR) is 67.5 cm³/mol. The standard InChI is InChI=1S/C11H12Cl2N2O2/c12-8-2-1-3-9(13)11(8)14-10(17)6-15-4-7(16)5-15/h1-3,7,16H,4-6H2,(H,14,17). The lowest BCUT2D eigenvalue weighted by molar-refractivity contribution is -0.119. The van der Waals surface area contributed by atoms with E-state index in [1.165, 1.54) is 0 Å². The minimum Gasteiger partial charge on any atom is -0.390 e. The highest BCUT2D eigenvalue weighted by atomic mass is 35.5. The first-order valence-corrected chi connectivity index (χ1v) is 5.96. The van der Waals surface area contributed by atoms with Gasteiger partial charge in [-0.3, -0.25) is 9.69 Å². The molecule has 6 heteroatoms. The first kappa shape index (κ1) is 12.6. The molecule has 1 aromatic rings. The number of hydrogen-bond acceptors (Lipinski definition) is 3. The van der Waals surface area contributed by atoms with Crippen LogP contribution in [0.3, 0.4) is 0 Å². The molecule has 0 bridgehead atoms. The summed E-state index contributed by atoms with van der Waals surface area (Å²) in [5, 5.41) is 12.6. The fourth-order valence-corrected chi connectivity index (χ4v) is 2.16. The van der Waals surface area contributed by atoms with Crippen molar-refractivity contribution in [2.45, 2.75) is 6.10 Å². The number of hydrogen-bond donors (Lipinski definition) is 2. The van der Waals surface area contributed by atoms with Crippen molar-refractivity contribution >= 4 is 34.8 Å². The average molecular weight is 275 g/mol. The molecule has 2 N–H and O–H groups in total. The summed E-state index contributed by atoms with van der Waals surface area (Å²) in [5.74, 6) is -0.188. The molecule has 1 amide bonds. The summed E-state index contributed by atoms with van der Waals surface area (Å²) in [4.78, 5) is 13.5. The molecule has 92 valence electrons. The zero-order valence-electron chi connectivity index (χ0n) is 8.99. The molecule has 1 aliphatic rings. The summed E-state index contributed by atoms with van der Waals surface area (Å²) in [6, 6.07) is 5.04. The van der Waals surface area contributed by atoms with Gasteiger partial charge in [-0.2, -0.15) is 0 Å². The van der Waals surface area contributed by atoms with Gasteiger partial charge >= 0.3 is 0 Å². The van der Waals surface area contributed by atoms with Gasteiger partial charge in [0.15, 0.2) is 0 Å². The number of benzene rings is 1. The van der Waals surface area contributed by atoms with E-state index < -0.39 is 0 Å². The smallest absolute Gasteiger partial charge is 0.238 e. The number of carbonyl (C=O) groups is 1. The maximum absolute atomic E-state index is 11.7. The molecule has 0 unspecified atom stereocenters. The maximum atomic E-state index is 11.7. The number of halogens is 2. The summed E-state index contributed by atoms with van der Waals surface area (Å²) in [6.45, 7) is 1.30. The second-order valence-electron chi connectivity index (χ2n) is 3.99. The summed E-state index contributed by atoms with van der Waals surface area (Å²) < 4.78 is 0. The number of anilines is 1. The Hall–Kier alpha value is -0.810. The lowest BCUT2D eigenvalue weighted by atomic mass is 10.2. The van der Waals surface area contributed by atoms with Crippen LogP contribution >= 0.6 is 23.2 Å². The third-order valence-electron chi connectivity index (χ3n) is 2.53. The Balaban J connectivity index is 1.94. The second-order valence-corrected chi connectivity index (χ2v) is 4.81. The normalized spacial score (nSPS) is 16.6. The molecule has 0 spiro atoms. The summed E-state index contributed by atoms with van der Waals surface area (Å²) in [6.07, 6.45) is -0.313. The molecule has 17 heavy (non-hydrogen) atoms. The molecule has 0 aromatic heterocycles. The summed E-state index contributed by atoms with van der Waals surface area (Å²) >= 11 is 11.9. The van der Waals surface area contributed by atoms with Crippen molar-refractivity contribution in [2.75, 3.05) is 25.0 Å². The number of likely N-dealkylation sites (tertiary alicyclic amines) is 1. The van der Waals surface area contributed by atoms with Crippen LogP contribution in [0.5, 0.6) is 0 Å². The number of aliphatic hydroxyl groups is 1. The molecular weight excluding hydrogens is 263 g/mol. The monoisotopic (exact) mass is 274 g/mol. The number of carbonyl (C=O) groups excluding carboxylic acids is 1. The van der Waals surface area contributed by atoms with Gasteiger partial charge in [0.1, 0.15) is 0 Å². The number of amides is 1. The highest BCUT2D eigenvalue weighted by molar-refractivity contribution is 6.39. The van der Waals surface area contributed by atoms with Gasteiger partial charge in [0, 0.05) is 13.1 Å². The van der Waals surface area contributed by atoms with E-state index in [1.807, 2.05) is 4.90 Å². The molecule has 0 aliphatic carbocycles. The van der Waals surface area contributed by atoms with E-state index in [1.54, 1.807) is 18.2 Å². The van der Waals surface area contributed by atoms with Crippen molar-refractivity contribution in [3.8, 4) is 0 Å². The zero-order valence-corrected chi connectivity index (χ0v) is 10.5. The third kappa shape index (κ3) is 3.10. The Labute approximate surface area is 109 Å². The largest absolute Gasteiger partial charge is 0.390 e. The van der Waals surface area contributed by atoms with Crippen LogP contribution in [-0.4, -0.2) is 41.7 Å². The summed E-state index contributed by atoms with van der Waals surface area (Å²) in [7, 11) is 0. The van der Waals surface area contributed by atoms with Crippen molar-refractivity contribution < 1.29 is 9.90 Å². The number of para-hydroxylation sites is 1. The van der Waals surface area contributed by atoms with Crippen LogP contribution in [0, 0.1) is 0 Å². The van der Waals surface area contributed by atoms with Gasteiger partial charge in [0.05, 0.1) is 28.4 Å². The molecule has 1 saturated heterocycles. The van der Waals surface area contributed by atoms with Crippen molar-refractivity contribution in [3.05, 3.63) is 28.2 Å². The van der Waals surface area contributed by atoms with Crippen LogP contribution in [0.2, 0.25) is 10.0 Å². The molecule has 0 atom stereocenters. The maximum Gasteiger partial charge on any atom is 0.238 e. The highest BCUT2D eigenvalue weighted by Crippen LogP contribution is 2.29. The molecule has 1 aliphatic heterocycles. The van der Waals surface area contributed by atoms with Crippen LogP contribution in [0.1, 0.15) is 0 Å². The predicted octanol–water partition coefficient (Wildman–Crippen LogP) is 1.61. The number of nitrogens with zero attached hydrogens (tertiary/aromatic N) is 1. The molecular formula is C11H12Cl2N2O2. The molecule has 0 saturated carbocycles. The number of nitrogens with one attached hydrogen (secondary N) is 1. The topological polar surface area (TPSA) is 52.6 Å². The average Bonchev–Trinajstić information content (AvgIpc) is 2.21. The lowest BCUT2D eigenvalue weighted by Crippen LogP contribution is -2.53. The van der Waals surface area contributed by atoms with E-state index in [2.05, 4.69) is 5.32 Å². The Morgan fingerprint density at radius 1 is 1.41 bits per heavy atom. The van der Waals surface area contributed by atoms with Gasteiger partial charge in [-0.15, -0.1) is 0 Å². The Morgan fingerprint density at radius 2 is 2.00 bits per heavy atom. The minimum absolute atomic E-state index is 0.188. The quantitative estimate of drug-likeness (QED) is 0.881. The van der Waals surface area contributed by atoms with Gasteiger partial charge in [-0.25, -0.2) is 0 Å². The van der Waals surface area contributed by atoms with Gasteiger partial charge in [0.25, 0.3) is 0 Å². The van der Waals surface area contributed by atoms with Crippen LogP contribution in [0.15, 0.2) is 18.2 Å². The van der Waals surface area contributed by atoms with E-state index >= 15 is 0 Å². The van der Waals surface area contributed by atoms with Crippen LogP contribution in [0.25, 0.3) is 0 Å². The van der Waals surface area contributed by atoms with Crippen LogP contribution < -0.4 is 5.32 Å².